The average molecular weight is 313 g/mol. The Morgan fingerprint density at radius 3 is 2.43 bits per heavy atom. The number of carboxylic acid groups (broad SMARTS) is 1. The molecule has 21 heavy (non-hydrogen) atoms. The van der Waals surface area contributed by atoms with Gasteiger partial charge in [-0.2, -0.15) is 11.8 Å². The van der Waals surface area contributed by atoms with Crippen LogP contribution in [0.1, 0.15) is 72.1 Å². The lowest BCUT2D eigenvalue weighted by Crippen LogP contribution is -2.38. The van der Waals surface area contributed by atoms with E-state index < -0.39 is 5.97 Å². The van der Waals surface area contributed by atoms with Crippen LogP contribution in [-0.2, 0) is 4.79 Å². The molecule has 2 rings (SSSR count). The van der Waals surface area contributed by atoms with Crippen LogP contribution in [-0.4, -0.2) is 22.1 Å². The number of carbonyl (C=O) groups is 1. The Morgan fingerprint density at radius 1 is 1.19 bits per heavy atom. The van der Waals surface area contributed by atoms with E-state index in [0.717, 1.165) is 25.2 Å². The maximum absolute atomic E-state index is 11.6. The highest BCUT2D eigenvalue weighted by molar-refractivity contribution is 7.99. The number of thioether (sulfide) groups is 1. The molecule has 2 aliphatic carbocycles. The third-order valence-electron chi connectivity index (χ3n) is 6.15. The van der Waals surface area contributed by atoms with E-state index in [4.69, 9.17) is 0 Å². The minimum Gasteiger partial charge on any atom is -0.481 e. The maximum Gasteiger partial charge on any atom is 0.307 e. The summed E-state index contributed by atoms with van der Waals surface area (Å²) in [5.41, 5.74) is 0.357. The van der Waals surface area contributed by atoms with Gasteiger partial charge < -0.3 is 5.11 Å². The van der Waals surface area contributed by atoms with Crippen molar-refractivity contribution in [1.29, 1.82) is 0 Å². The molecule has 0 spiro atoms. The van der Waals surface area contributed by atoms with Gasteiger partial charge in [0.15, 0.2) is 0 Å². The molecular weight excluding hydrogens is 280 g/mol. The van der Waals surface area contributed by atoms with Gasteiger partial charge >= 0.3 is 5.97 Å². The van der Waals surface area contributed by atoms with Crippen LogP contribution in [0.3, 0.4) is 0 Å². The number of rotatable bonds is 6. The largest absolute Gasteiger partial charge is 0.481 e. The van der Waals surface area contributed by atoms with Crippen molar-refractivity contribution in [2.24, 2.45) is 23.2 Å². The first-order chi connectivity index (χ1) is 9.94. The molecule has 3 atom stereocenters. The number of hydrogen-bond donors (Lipinski definition) is 1. The van der Waals surface area contributed by atoms with Crippen molar-refractivity contribution in [1.82, 2.24) is 0 Å². The molecule has 0 heterocycles. The Bertz CT molecular complexity index is 347. The lowest BCUT2D eigenvalue weighted by atomic mass is 9.67. The fourth-order valence-corrected chi connectivity index (χ4v) is 5.74. The predicted octanol–water partition coefficient (Wildman–Crippen LogP) is 5.22. The summed E-state index contributed by atoms with van der Waals surface area (Å²) in [5, 5.41) is 9.87. The van der Waals surface area contributed by atoms with E-state index in [9.17, 15) is 9.90 Å². The number of carboxylic acids is 1. The van der Waals surface area contributed by atoms with Crippen LogP contribution in [0.2, 0.25) is 0 Å². The van der Waals surface area contributed by atoms with Gasteiger partial charge in [0, 0.05) is 5.25 Å². The van der Waals surface area contributed by atoms with Crippen LogP contribution in [0.5, 0.6) is 0 Å². The van der Waals surface area contributed by atoms with Gasteiger partial charge in [0.25, 0.3) is 0 Å². The van der Waals surface area contributed by atoms with Crippen LogP contribution in [0.4, 0.5) is 0 Å². The summed E-state index contributed by atoms with van der Waals surface area (Å²) in [6.45, 7) is 6.98. The lowest BCUT2D eigenvalue weighted by Gasteiger charge is -2.42. The van der Waals surface area contributed by atoms with Crippen molar-refractivity contribution in [3.8, 4) is 0 Å². The summed E-state index contributed by atoms with van der Waals surface area (Å²) in [6, 6.07) is 0. The highest BCUT2D eigenvalue weighted by Gasteiger charge is 2.40. The SMILES string of the molecule is CCC(C)(C)C1CCC(C(=O)O)C(SCC2CCCC2)C1. The van der Waals surface area contributed by atoms with Crippen molar-refractivity contribution in [2.75, 3.05) is 5.75 Å². The Hall–Kier alpha value is -0.180. The Balaban J connectivity index is 1.95. The average Bonchev–Trinajstić information content (AvgIpc) is 2.98. The summed E-state index contributed by atoms with van der Waals surface area (Å²) < 4.78 is 0. The zero-order valence-electron chi connectivity index (χ0n) is 13.9. The van der Waals surface area contributed by atoms with E-state index in [2.05, 4.69) is 20.8 Å². The molecule has 3 unspecified atom stereocenters. The summed E-state index contributed by atoms with van der Waals surface area (Å²) in [5.74, 6) is 2.06. The molecule has 2 fully saturated rings. The topological polar surface area (TPSA) is 37.3 Å². The van der Waals surface area contributed by atoms with Crippen LogP contribution in [0.25, 0.3) is 0 Å². The quantitative estimate of drug-likeness (QED) is 0.731. The molecule has 1 N–H and O–H groups in total. The van der Waals surface area contributed by atoms with E-state index in [1.165, 1.54) is 37.9 Å². The molecule has 3 heteroatoms. The highest BCUT2D eigenvalue weighted by Crippen LogP contribution is 2.46. The first-order valence-electron chi connectivity index (χ1n) is 8.78. The second kappa shape index (κ2) is 7.39. The normalized spacial score (nSPS) is 31.5. The third-order valence-corrected chi connectivity index (χ3v) is 7.76. The van der Waals surface area contributed by atoms with Crippen molar-refractivity contribution in [3.05, 3.63) is 0 Å². The molecule has 0 amide bonds. The molecule has 122 valence electrons. The van der Waals surface area contributed by atoms with Crippen molar-refractivity contribution in [2.45, 2.75) is 77.4 Å². The van der Waals surface area contributed by atoms with E-state index in [-0.39, 0.29) is 5.92 Å². The Kier molecular flexibility index (Phi) is 6.05. The fraction of sp³-hybridized carbons (Fsp3) is 0.944. The standard InChI is InChI=1S/C18H32O2S/c1-4-18(2,3)14-9-10-15(17(19)20)16(11-14)21-12-13-7-5-6-8-13/h13-16H,4-12H2,1-3H3,(H,19,20). The second-order valence-electron chi connectivity index (χ2n) is 7.82. The molecule has 0 saturated heterocycles. The number of hydrogen-bond acceptors (Lipinski definition) is 2. The van der Waals surface area contributed by atoms with Crippen LogP contribution >= 0.6 is 11.8 Å². The second-order valence-corrected chi connectivity index (χ2v) is 9.09. The van der Waals surface area contributed by atoms with E-state index in [0.29, 0.717) is 16.6 Å². The van der Waals surface area contributed by atoms with E-state index in [1.807, 2.05) is 11.8 Å². The molecule has 0 radical (unpaired) electrons. The third kappa shape index (κ3) is 4.40. The number of aliphatic carboxylic acids is 1. The van der Waals surface area contributed by atoms with Gasteiger partial charge in [0.05, 0.1) is 5.92 Å². The summed E-state index contributed by atoms with van der Waals surface area (Å²) in [7, 11) is 0. The predicted molar refractivity (Wildman–Crippen MR) is 90.7 cm³/mol. The van der Waals surface area contributed by atoms with Gasteiger partial charge in [-0.1, -0.05) is 40.0 Å². The molecule has 0 bridgehead atoms. The van der Waals surface area contributed by atoms with Gasteiger partial charge in [-0.05, 0) is 55.1 Å². The van der Waals surface area contributed by atoms with Gasteiger partial charge in [-0.15, -0.1) is 0 Å². The molecule has 0 aromatic carbocycles. The Morgan fingerprint density at radius 2 is 1.86 bits per heavy atom. The van der Waals surface area contributed by atoms with Crippen molar-refractivity contribution in [3.63, 3.8) is 0 Å². The monoisotopic (exact) mass is 312 g/mol. The van der Waals surface area contributed by atoms with Gasteiger partial charge in [-0.3, -0.25) is 4.79 Å². The van der Waals surface area contributed by atoms with E-state index >= 15 is 0 Å². The molecule has 0 aliphatic heterocycles. The van der Waals surface area contributed by atoms with Crippen LogP contribution in [0.15, 0.2) is 0 Å². The lowest BCUT2D eigenvalue weighted by molar-refractivity contribution is -0.143. The van der Waals surface area contributed by atoms with Gasteiger partial charge in [0.2, 0.25) is 0 Å². The Labute approximate surface area is 134 Å². The summed E-state index contributed by atoms with van der Waals surface area (Å²) in [4.78, 5) is 11.6. The van der Waals surface area contributed by atoms with Crippen molar-refractivity contribution < 1.29 is 9.90 Å². The zero-order chi connectivity index (χ0) is 15.5. The first-order valence-corrected chi connectivity index (χ1v) is 9.83. The minimum absolute atomic E-state index is 0.111. The molecule has 2 nitrogen and oxygen atoms in total. The molecule has 0 aromatic rings. The maximum atomic E-state index is 11.6. The molecule has 2 saturated carbocycles. The van der Waals surface area contributed by atoms with Crippen molar-refractivity contribution >= 4 is 17.7 Å². The molecule has 0 aromatic heterocycles. The first kappa shape index (κ1) is 17.2. The summed E-state index contributed by atoms with van der Waals surface area (Å²) >= 11 is 1.98. The van der Waals surface area contributed by atoms with Gasteiger partial charge in [-0.25, -0.2) is 0 Å². The molecular formula is C18H32O2S. The van der Waals surface area contributed by atoms with Crippen LogP contribution < -0.4 is 0 Å². The highest BCUT2D eigenvalue weighted by atomic mass is 32.2. The summed E-state index contributed by atoms with van der Waals surface area (Å²) in [6.07, 6.45) is 9.75. The molecule has 2 aliphatic rings. The minimum atomic E-state index is -0.563. The van der Waals surface area contributed by atoms with E-state index in [1.54, 1.807) is 0 Å². The smallest absolute Gasteiger partial charge is 0.307 e. The van der Waals surface area contributed by atoms with Gasteiger partial charge in [0.1, 0.15) is 0 Å². The van der Waals surface area contributed by atoms with Crippen LogP contribution in [0, 0.1) is 23.2 Å². The zero-order valence-corrected chi connectivity index (χ0v) is 14.8. The fourth-order valence-electron chi connectivity index (χ4n) is 4.03.